The van der Waals surface area contributed by atoms with Gasteiger partial charge in [0.25, 0.3) is 5.89 Å². The molecule has 0 spiro atoms. The standard InChI is InChI=1S/C20H14F3N3O2/c21-20(22,23)27-13-4-1-3-12(9-13)19-25-18(26-28-19)11-7-8-17-15(10-11)14-5-2-6-16(14)24-17/h1,3-4,7-10,24H,2,5-6H2. The quantitative estimate of drug-likeness (QED) is 0.522. The Balaban J connectivity index is 1.48. The Morgan fingerprint density at radius 1 is 1.04 bits per heavy atom. The third kappa shape index (κ3) is 3.00. The highest BCUT2D eigenvalue weighted by atomic mass is 19.4. The Bertz CT molecular complexity index is 1180. The summed E-state index contributed by atoms with van der Waals surface area (Å²) in [6.45, 7) is 0. The van der Waals surface area contributed by atoms with Crippen molar-refractivity contribution < 1.29 is 22.4 Å². The predicted molar refractivity (Wildman–Crippen MR) is 95.7 cm³/mol. The molecule has 142 valence electrons. The normalized spacial score (nSPS) is 13.8. The van der Waals surface area contributed by atoms with Gasteiger partial charge in [-0.25, -0.2) is 0 Å². The van der Waals surface area contributed by atoms with Crippen LogP contribution in [0.4, 0.5) is 13.2 Å². The predicted octanol–water partition coefficient (Wildman–Crippen LogP) is 5.27. The van der Waals surface area contributed by atoms with Crippen molar-refractivity contribution in [3.63, 3.8) is 0 Å². The second-order valence-corrected chi connectivity index (χ2v) is 6.69. The number of aromatic amines is 1. The summed E-state index contributed by atoms with van der Waals surface area (Å²) < 4.78 is 46.5. The summed E-state index contributed by atoms with van der Waals surface area (Å²) in [4.78, 5) is 7.79. The second-order valence-electron chi connectivity index (χ2n) is 6.69. The van der Waals surface area contributed by atoms with Crippen molar-refractivity contribution in [3.05, 3.63) is 53.7 Å². The first-order valence-corrected chi connectivity index (χ1v) is 8.80. The van der Waals surface area contributed by atoms with E-state index in [1.54, 1.807) is 6.07 Å². The number of hydrogen-bond donors (Lipinski definition) is 1. The first-order chi connectivity index (χ1) is 13.5. The number of alkyl halides is 3. The number of ether oxygens (including phenoxy) is 1. The molecule has 2 aromatic carbocycles. The van der Waals surface area contributed by atoms with E-state index in [2.05, 4.69) is 19.9 Å². The van der Waals surface area contributed by atoms with Crippen molar-refractivity contribution in [1.82, 2.24) is 15.1 Å². The molecule has 0 saturated heterocycles. The fourth-order valence-electron chi connectivity index (χ4n) is 3.67. The zero-order valence-corrected chi connectivity index (χ0v) is 14.5. The maximum absolute atomic E-state index is 12.4. The Kier molecular flexibility index (Phi) is 3.68. The zero-order chi connectivity index (χ0) is 19.3. The summed E-state index contributed by atoms with van der Waals surface area (Å²) in [6, 6.07) is 11.4. The lowest BCUT2D eigenvalue weighted by Crippen LogP contribution is -2.17. The van der Waals surface area contributed by atoms with Crippen LogP contribution in [0.1, 0.15) is 17.7 Å². The van der Waals surface area contributed by atoms with Crippen LogP contribution >= 0.6 is 0 Å². The van der Waals surface area contributed by atoms with Gasteiger partial charge in [-0.15, -0.1) is 13.2 Å². The zero-order valence-electron chi connectivity index (χ0n) is 14.5. The Labute approximate surface area is 157 Å². The minimum Gasteiger partial charge on any atom is -0.406 e. The Morgan fingerprint density at radius 3 is 2.79 bits per heavy atom. The van der Waals surface area contributed by atoms with Crippen LogP contribution in [-0.2, 0) is 12.8 Å². The molecular weight excluding hydrogens is 371 g/mol. The van der Waals surface area contributed by atoms with E-state index < -0.39 is 6.36 Å². The van der Waals surface area contributed by atoms with Crippen molar-refractivity contribution in [2.24, 2.45) is 0 Å². The minimum absolute atomic E-state index is 0.127. The van der Waals surface area contributed by atoms with Gasteiger partial charge in [0.2, 0.25) is 5.82 Å². The van der Waals surface area contributed by atoms with E-state index in [0.717, 1.165) is 35.7 Å². The summed E-state index contributed by atoms with van der Waals surface area (Å²) in [5, 5.41) is 5.14. The highest BCUT2D eigenvalue weighted by Crippen LogP contribution is 2.33. The van der Waals surface area contributed by atoms with E-state index >= 15 is 0 Å². The molecule has 28 heavy (non-hydrogen) atoms. The SMILES string of the molecule is FC(F)(F)Oc1cccc(-c2nc(-c3ccc4[nH]c5c(c4c3)CCC5)no2)c1. The summed E-state index contributed by atoms with van der Waals surface area (Å²) in [6.07, 6.45) is -1.51. The third-order valence-electron chi connectivity index (χ3n) is 4.85. The van der Waals surface area contributed by atoms with E-state index in [1.807, 2.05) is 18.2 Å². The van der Waals surface area contributed by atoms with Crippen molar-refractivity contribution in [1.29, 1.82) is 0 Å². The molecule has 0 amide bonds. The number of hydrogen-bond acceptors (Lipinski definition) is 4. The third-order valence-corrected chi connectivity index (χ3v) is 4.85. The molecule has 0 aliphatic heterocycles. The molecule has 0 radical (unpaired) electrons. The molecule has 1 aliphatic rings. The van der Waals surface area contributed by atoms with Crippen LogP contribution in [-0.4, -0.2) is 21.5 Å². The Morgan fingerprint density at radius 2 is 1.93 bits per heavy atom. The second kappa shape index (κ2) is 6.12. The van der Waals surface area contributed by atoms with Gasteiger partial charge in [0.05, 0.1) is 0 Å². The maximum atomic E-state index is 12.4. The molecule has 2 aromatic heterocycles. The van der Waals surface area contributed by atoms with Gasteiger partial charge in [-0.1, -0.05) is 11.2 Å². The van der Waals surface area contributed by atoms with Crippen molar-refractivity contribution in [2.45, 2.75) is 25.6 Å². The number of benzene rings is 2. The number of nitrogens with zero attached hydrogens (tertiary/aromatic N) is 2. The highest BCUT2D eigenvalue weighted by Gasteiger charge is 2.31. The summed E-state index contributed by atoms with van der Waals surface area (Å²) in [5.41, 5.74) is 4.83. The maximum Gasteiger partial charge on any atom is 0.573 e. The molecule has 0 unspecified atom stereocenters. The molecule has 0 fully saturated rings. The van der Waals surface area contributed by atoms with Gasteiger partial charge < -0.3 is 14.2 Å². The van der Waals surface area contributed by atoms with E-state index in [9.17, 15) is 13.2 Å². The van der Waals surface area contributed by atoms with Gasteiger partial charge in [-0.05, 0) is 61.2 Å². The Hall–Kier alpha value is -3.29. The van der Waals surface area contributed by atoms with E-state index in [0.29, 0.717) is 11.4 Å². The van der Waals surface area contributed by atoms with Crippen LogP contribution < -0.4 is 4.74 Å². The van der Waals surface area contributed by atoms with Gasteiger partial charge >= 0.3 is 6.36 Å². The average molecular weight is 385 g/mol. The molecule has 2 heterocycles. The number of aromatic nitrogens is 3. The molecular formula is C20H14F3N3O2. The molecule has 0 bridgehead atoms. The molecule has 1 aliphatic carbocycles. The van der Waals surface area contributed by atoms with Crippen LogP contribution in [0.5, 0.6) is 5.75 Å². The fraction of sp³-hybridized carbons (Fsp3) is 0.200. The van der Waals surface area contributed by atoms with Crippen molar-refractivity contribution in [3.8, 4) is 28.6 Å². The number of nitrogens with one attached hydrogen (secondary N) is 1. The van der Waals surface area contributed by atoms with Crippen molar-refractivity contribution in [2.75, 3.05) is 0 Å². The van der Waals surface area contributed by atoms with Crippen molar-refractivity contribution >= 4 is 10.9 Å². The fourth-order valence-corrected chi connectivity index (χ4v) is 3.67. The van der Waals surface area contributed by atoms with E-state index in [4.69, 9.17) is 4.52 Å². The largest absolute Gasteiger partial charge is 0.573 e. The smallest absolute Gasteiger partial charge is 0.406 e. The number of fused-ring (bicyclic) bond motifs is 3. The van der Waals surface area contributed by atoms with Crippen LogP contribution in [0.25, 0.3) is 33.7 Å². The number of halogens is 3. The molecule has 0 saturated carbocycles. The highest BCUT2D eigenvalue weighted by molar-refractivity contribution is 5.88. The summed E-state index contributed by atoms with van der Waals surface area (Å²) >= 11 is 0. The lowest BCUT2D eigenvalue weighted by atomic mass is 10.1. The first kappa shape index (κ1) is 16.9. The lowest BCUT2D eigenvalue weighted by molar-refractivity contribution is -0.274. The van der Waals surface area contributed by atoms with Crippen LogP contribution in [0.2, 0.25) is 0 Å². The number of aryl methyl sites for hydroxylation is 2. The van der Waals surface area contributed by atoms with Gasteiger partial charge in [0.15, 0.2) is 0 Å². The molecule has 5 rings (SSSR count). The molecule has 4 aromatic rings. The van der Waals surface area contributed by atoms with Crippen LogP contribution in [0.15, 0.2) is 47.0 Å². The number of rotatable bonds is 3. The minimum atomic E-state index is -4.76. The van der Waals surface area contributed by atoms with Crippen LogP contribution in [0.3, 0.4) is 0 Å². The summed E-state index contributed by atoms with van der Waals surface area (Å²) in [5.74, 6) is 0.170. The lowest BCUT2D eigenvalue weighted by Gasteiger charge is -2.08. The summed E-state index contributed by atoms with van der Waals surface area (Å²) in [7, 11) is 0. The molecule has 5 nitrogen and oxygen atoms in total. The van der Waals surface area contributed by atoms with Gasteiger partial charge in [0, 0.05) is 27.7 Å². The number of H-pyrrole nitrogens is 1. The van der Waals surface area contributed by atoms with Gasteiger partial charge in [-0.2, -0.15) is 4.98 Å². The van der Waals surface area contributed by atoms with Gasteiger partial charge in [0.1, 0.15) is 5.75 Å². The van der Waals surface area contributed by atoms with E-state index in [1.165, 1.54) is 29.5 Å². The van der Waals surface area contributed by atoms with E-state index in [-0.39, 0.29) is 11.6 Å². The molecule has 1 N–H and O–H groups in total. The first-order valence-electron chi connectivity index (χ1n) is 8.80. The van der Waals surface area contributed by atoms with Crippen LogP contribution in [0, 0.1) is 0 Å². The average Bonchev–Trinajstić information content (AvgIpc) is 3.36. The monoisotopic (exact) mass is 385 g/mol. The topological polar surface area (TPSA) is 63.9 Å². The molecule has 0 atom stereocenters. The van der Waals surface area contributed by atoms with Gasteiger partial charge in [-0.3, -0.25) is 0 Å². The molecule has 8 heteroatoms.